The standard InChI is InChI=1S/C68H46N2S/c1-5-23-47(24-6-1)67(48-25-7-2-8-26-48)57-35-16-18-37-59(57)68(60-38-19-17-36-58(60)67)56-34-15-13-32-55(56)65-61(68)39-22-40-62(65)70(63-41-21-33-54-53-31-14-20-42-64(53)71-66(54)63)52-45-43-51(44-46-52)69(49-27-9-3-10-28-49)50-29-11-4-12-30-50/h1-46H. The van der Waals surface area contributed by atoms with Crippen LogP contribution in [0.3, 0.4) is 0 Å². The highest BCUT2D eigenvalue weighted by atomic mass is 32.1. The zero-order valence-corrected chi connectivity index (χ0v) is 39.7. The van der Waals surface area contributed by atoms with Crippen LogP contribution in [0.15, 0.2) is 279 Å². The number of fused-ring (bicyclic) bond motifs is 12. The lowest BCUT2D eigenvalue weighted by atomic mass is 9.51. The number of nitrogens with zero attached hydrogens (tertiary/aromatic N) is 2. The Morgan fingerprint density at radius 2 is 0.676 bits per heavy atom. The van der Waals surface area contributed by atoms with Gasteiger partial charge in [-0.3, -0.25) is 0 Å². The van der Waals surface area contributed by atoms with Gasteiger partial charge in [0.1, 0.15) is 0 Å². The van der Waals surface area contributed by atoms with E-state index in [0.717, 1.165) is 34.1 Å². The van der Waals surface area contributed by atoms with E-state index >= 15 is 0 Å². The molecule has 2 nitrogen and oxygen atoms in total. The van der Waals surface area contributed by atoms with Crippen molar-refractivity contribution in [3.63, 3.8) is 0 Å². The minimum absolute atomic E-state index is 0.575. The third-order valence-electron chi connectivity index (χ3n) is 15.2. The monoisotopic (exact) mass is 922 g/mol. The second-order valence-electron chi connectivity index (χ2n) is 18.7. The zero-order valence-electron chi connectivity index (χ0n) is 38.9. The van der Waals surface area contributed by atoms with Gasteiger partial charge in [0.25, 0.3) is 0 Å². The number of anilines is 6. The molecule has 71 heavy (non-hydrogen) atoms. The lowest BCUT2D eigenvalue weighted by Crippen LogP contribution is -2.44. The average Bonchev–Trinajstić information content (AvgIpc) is 3.98. The summed E-state index contributed by atoms with van der Waals surface area (Å²) in [6.45, 7) is 0. The summed E-state index contributed by atoms with van der Waals surface area (Å²) in [5, 5.41) is 2.55. The molecule has 0 saturated heterocycles. The van der Waals surface area contributed by atoms with Crippen LogP contribution in [0.5, 0.6) is 0 Å². The normalized spacial score (nSPS) is 13.6. The largest absolute Gasteiger partial charge is 0.311 e. The topological polar surface area (TPSA) is 6.48 Å². The van der Waals surface area contributed by atoms with Gasteiger partial charge in [0.15, 0.2) is 0 Å². The third kappa shape index (κ3) is 6.00. The van der Waals surface area contributed by atoms with Crippen LogP contribution in [0.1, 0.15) is 44.5 Å². The van der Waals surface area contributed by atoms with Gasteiger partial charge in [0, 0.05) is 43.8 Å². The maximum atomic E-state index is 2.55. The van der Waals surface area contributed by atoms with Gasteiger partial charge in [0.05, 0.1) is 26.9 Å². The van der Waals surface area contributed by atoms with Gasteiger partial charge in [-0.2, -0.15) is 0 Å². The Kier molecular flexibility index (Phi) is 9.55. The van der Waals surface area contributed by atoms with E-state index in [0.29, 0.717) is 0 Å². The molecule has 0 N–H and O–H groups in total. The summed E-state index contributed by atoms with van der Waals surface area (Å²) in [7, 11) is 0. The van der Waals surface area contributed by atoms with Crippen molar-refractivity contribution in [1.82, 2.24) is 0 Å². The molecular weight excluding hydrogens is 877 g/mol. The van der Waals surface area contributed by atoms with E-state index in [4.69, 9.17) is 0 Å². The fraction of sp³-hybridized carbons (Fsp3) is 0.0294. The highest BCUT2D eigenvalue weighted by Gasteiger charge is 2.57. The molecule has 0 atom stereocenters. The highest BCUT2D eigenvalue weighted by molar-refractivity contribution is 7.26. The fourth-order valence-corrected chi connectivity index (χ4v) is 13.7. The average molecular weight is 923 g/mol. The number of thiophene rings is 1. The van der Waals surface area contributed by atoms with Crippen LogP contribution in [-0.4, -0.2) is 0 Å². The smallest absolute Gasteiger partial charge is 0.0720 e. The van der Waals surface area contributed by atoms with Crippen molar-refractivity contribution in [2.24, 2.45) is 0 Å². The minimum atomic E-state index is -0.632. The lowest BCUT2D eigenvalue weighted by Gasteiger charge is -2.50. The maximum Gasteiger partial charge on any atom is 0.0720 e. The molecule has 2 aliphatic rings. The predicted octanol–water partition coefficient (Wildman–Crippen LogP) is 18.1. The fourth-order valence-electron chi connectivity index (χ4n) is 12.5. The summed E-state index contributed by atoms with van der Waals surface area (Å²) in [4.78, 5) is 4.88. The quantitative estimate of drug-likeness (QED) is 0.150. The highest BCUT2D eigenvalue weighted by Crippen LogP contribution is 2.66. The second-order valence-corrected chi connectivity index (χ2v) is 19.7. The van der Waals surface area contributed by atoms with Crippen LogP contribution in [0.2, 0.25) is 0 Å². The number of hydrogen-bond acceptors (Lipinski definition) is 3. The predicted molar refractivity (Wildman–Crippen MR) is 298 cm³/mol. The molecule has 1 aromatic heterocycles. The van der Waals surface area contributed by atoms with E-state index in [2.05, 4.69) is 289 Å². The molecule has 0 saturated carbocycles. The number of rotatable bonds is 8. The van der Waals surface area contributed by atoms with E-state index in [1.807, 2.05) is 11.3 Å². The van der Waals surface area contributed by atoms with Gasteiger partial charge >= 0.3 is 0 Å². The molecule has 14 rings (SSSR count). The van der Waals surface area contributed by atoms with Crippen LogP contribution in [-0.2, 0) is 10.8 Å². The molecule has 0 unspecified atom stereocenters. The first kappa shape index (κ1) is 41.2. The second kappa shape index (κ2) is 16.4. The van der Waals surface area contributed by atoms with Crippen molar-refractivity contribution in [3.05, 3.63) is 324 Å². The Bertz CT molecular complexity index is 3810. The van der Waals surface area contributed by atoms with Crippen LogP contribution in [0.25, 0.3) is 31.3 Å². The lowest BCUT2D eigenvalue weighted by molar-refractivity contribution is 0.623. The molecule has 0 radical (unpaired) electrons. The van der Waals surface area contributed by atoms with Crippen LogP contribution in [0, 0.1) is 0 Å². The van der Waals surface area contributed by atoms with Gasteiger partial charge in [-0.25, -0.2) is 0 Å². The van der Waals surface area contributed by atoms with Crippen molar-refractivity contribution in [2.45, 2.75) is 10.8 Å². The molecule has 334 valence electrons. The van der Waals surface area contributed by atoms with E-state index in [9.17, 15) is 0 Å². The molecule has 1 heterocycles. The summed E-state index contributed by atoms with van der Waals surface area (Å²) in [6.07, 6.45) is 0. The summed E-state index contributed by atoms with van der Waals surface area (Å²) in [5.74, 6) is 0. The van der Waals surface area contributed by atoms with Crippen molar-refractivity contribution in [2.75, 3.05) is 9.80 Å². The Balaban J connectivity index is 1.05. The van der Waals surface area contributed by atoms with Crippen LogP contribution >= 0.6 is 11.3 Å². The number of para-hydroxylation sites is 2. The molecule has 12 aromatic rings. The molecule has 1 spiro atoms. The van der Waals surface area contributed by atoms with Crippen molar-refractivity contribution >= 4 is 65.6 Å². The van der Waals surface area contributed by atoms with Gasteiger partial charge in [-0.05, 0) is 117 Å². The first-order valence-electron chi connectivity index (χ1n) is 24.5. The molecule has 0 amide bonds. The third-order valence-corrected chi connectivity index (χ3v) is 16.4. The van der Waals surface area contributed by atoms with E-state index in [1.54, 1.807) is 0 Å². The molecule has 0 fully saturated rings. The first-order valence-corrected chi connectivity index (χ1v) is 25.3. The molecule has 0 aliphatic heterocycles. The van der Waals surface area contributed by atoms with Crippen molar-refractivity contribution in [3.8, 4) is 11.1 Å². The Morgan fingerprint density at radius 1 is 0.268 bits per heavy atom. The van der Waals surface area contributed by atoms with Gasteiger partial charge in [-0.15, -0.1) is 11.3 Å². The number of benzene rings is 11. The molecule has 3 heteroatoms. The zero-order chi connectivity index (χ0) is 46.9. The number of hydrogen-bond donors (Lipinski definition) is 0. The van der Waals surface area contributed by atoms with E-state index in [-0.39, 0.29) is 0 Å². The SMILES string of the molecule is c1ccc(N(c2ccccc2)c2ccc(N(c3cccc4c3-c3ccccc3C43c4ccccc4C(c4ccccc4)(c4ccccc4)c4ccccc43)c3cccc4c3sc3ccccc34)cc2)cc1. The summed E-state index contributed by atoms with van der Waals surface area (Å²) < 4.78 is 2.54. The molecule has 0 bridgehead atoms. The van der Waals surface area contributed by atoms with Crippen LogP contribution in [0.4, 0.5) is 34.1 Å². The Hall–Kier alpha value is -8.76. The van der Waals surface area contributed by atoms with Crippen LogP contribution < -0.4 is 9.80 Å². The van der Waals surface area contributed by atoms with E-state index in [1.165, 1.54) is 75.8 Å². The Labute approximate surface area is 418 Å². The van der Waals surface area contributed by atoms with E-state index < -0.39 is 10.8 Å². The van der Waals surface area contributed by atoms with Crippen molar-refractivity contribution in [1.29, 1.82) is 0 Å². The Morgan fingerprint density at radius 3 is 1.27 bits per heavy atom. The van der Waals surface area contributed by atoms with Crippen molar-refractivity contribution < 1.29 is 0 Å². The van der Waals surface area contributed by atoms with Gasteiger partial charge < -0.3 is 9.80 Å². The molecule has 2 aliphatic carbocycles. The maximum absolute atomic E-state index is 2.55. The van der Waals surface area contributed by atoms with Gasteiger partial charge in [-0.1, -0.05) is 212 Å². The summed E-state index contributed by atoms with van der Waals surface area (Å²) >= 11 is 1.88. The summed E-state index contributed by atoms with van der Waals surface area (Å²) in [6, 6.07) is 104. The minimum Gasteiger partial charge on any atom is -0.311 e. The van der Waals surface area contributed by atoms with Gasteiger partial charge in [0.2, 0.25) is 0 Å². The first-order chi connectivity index (χ1) is 35.3. The molecule has 11 aromatic carbocycles. The summed E-state index contributed by atoms with van der Waals surface area (Å²) in [5.41, 5.74) is 18.3. The molecular formula is C68H46N2S.